The van der Waals surface area contributed by atoms with Gasteiger partial charge in [0.15, 0.2) is 0 Å². The number of halogens is 1. The van der Waals surface area contributed by atoms with Crippen LogP contribution >= 0.6 is 11.6 Å². The first kappa shape index (κ1) is 21.6. The van der Waals surface area contributed by atoms with Crippen molar-refractivity contribution in [3.05, 3.63) is 93.5 Å². The fourth-order valence-corrected chi connectivity index (χ4v) is 5.50. The number of aryl methyl sites for hydroxylation is 2. The van der Waals surface area contributed by atoms with Crippen molar-refractivity contribution < 1.29 is 13.2 Å². The van der Waals surface area contributed by atoms with E-state index in [1.54, 1.807) is 0 Å². The number of anilines is 1. The maximum Gasteiger partial charge on any atom is 0.257 e. The Morgan fingerprint density at radius 1 is 0.968 bits per heavy atom. The molecule has 0 saturated heterocycles. The quantitative estimate of drug-likeness (QED) is 0.606. The minimum absolute atomic E-state index is 0.0583. The van der Waals surface area contributed by atoms with Gasteiger partial charge in [-0.1, -0.05) is 54.1 Å². The van der Waals surface area contributed by atoms with E-state index in [-0.39, 0.29) is 15.5 Å². The summed E-state index contributed by atoms with van der Waals surface area (Å²) in [4.78, 5) is 13.0. The highest BCUT2D eigenvalue weighted by molar-refractivity contribution is 7.89. The van der Waals surface area contributed by atoms with E-state index in [2.05, 4.69) is 5.32 Å². The van der Waals surface area contributed by atoms with Crippen LogP contribution in [0, 0.1) is 13.8 Å². The van der Waals surface area contributed by atoms with E-state index in [0.29, 0.717) is 25.2 Å². The summed E-state index contributed by atoms with van der Waals surface area (Å²) in [6.45, 7) is 4.51. The van der Waals surface area contributed by atoms with Gasteiger partial charge in [0.25, 0.3) is 5.91 Å². The van der Waals surface area contributed by atoms with Crippen molar-refractivity contribution in [2.45, 2.75) is 31.7 Å². The molecule has 0 radical (unpaired) electrons. The monoisotopic (exact) mass is 454 g/mol. The smallest absolute Gasteiger partial charge is 0.257 e. The van der Waals surface area contributed by atoms with Gasteiger partial charge in [-0.25, -0.2) is 8.42 Å². The number of hydrogen-bond acceptors (Lipinski definition) is 3. The zero-order chi connectivity index (χ0) is 22.2. The number of para-hydroxylation sites is 1. The van der Waals surface area contributed by atoms with E-state index in [0.717, 1.165) is 16.7 Å². The van der Waals surface area contributed by atoms with Crippen molar-refractivity contribution in [3.63, 3.8) is 0 Å². The van der Waals surface area contributed by atoms with Gasteiger partial charge < -0.3 is 5.32 Å². The molecule has 0 aliphatic carbocycles. The molecule has 0 saturated carbocycles. The second kappa shape index (κ2) is 8.46. The van der Waals surface area contributed by atoms with Gasteiger partial charge in [0.2, 0.25) is 10.0 Å². The minimum atomic E-state index is -3.77. The highest BCUT2D eigenvalue weighted by Crippen LogP contribution is 2.28. The highest BCUT2D eigenvalue weighted by atomic mass is 35.5. The van der Waals surface area contributed by atoms with Gasteiger partial charge in [0.05, 0.1) is 15.5 Å². The van der Waals surface area contributed by atoms with E-state index in [4.69, 9.17) is 11.6 Å². The molecule has 31 heavy (non-hydrogen) atoms. The molecule has 1 aliphatic rings. The summed E-state index contributed by atoms with van der Waals surface area (Å²) in [7, 11) is -3.77. The number of nitrogens with zero attached hydrogens (tertiary/aromatic N) is 1. The third-order valence-corrected chi connectivity index (χ3v) is 7.81. The Bertz CT molecular complexity index is 1250. The van der Waals surface area contributed by atoms with Crippen molar-refractivity contribution in [1.82, 2.24) is 4.31 Å². The van der Waals surface area contributed by atoms with Crippen LogP contribution in [0.1, 0.15) is 32.6 Å². The second-order valence-corrected chi connectivity index (χ2v) is 10.1. The second-order valence-electron chi connectivity index (χ2n) is 7.72. The van der Waals surface area contributed by atoms with E-state index in [1.807, 2.05) is 56.3 Å². The Balaban J connectivity index is 1.64. The van der Waals surface area contributed by atoms with Gasteiger partial charge >= 0.3 is 0 Å². The lowest BCUT2D eigenvalue weighted by Gasteiger charge is -2.28. The SMILES string of the molecule is Cc1cccc(C)c1NC(=O)c1cc(S(=O)(=O)N2CCc3ccccc3C2)ccc1Cl. The zero-order valence-electron chi connectivity index (χ0n) is 17.4. The lowest BCUT2D eigenvalue weighted by molar-refractivity contribution is 0.102. The Kier molecular flexibility index (Phi) is 5.88. The Morgan fingerprint density at radius 3 is 2.35 bits per heavy atom. The Morgan fingerprint density at radius 2 is 1.65 bits per heavy atom. The summed E-state index contributed by atoms with van der Waals surface area (Å²) in [5.41, 5.74) is 4.82. The van der Waals surface area contributed by atoms with Crippen LogP contribution in [0.2, 0.25) is 5.02 Å². The molecule has 0 aromatic heterocycles. The van der Waals surface area contributed by atoms with Gasteiger partial charge in [-0.2, -0.15) is 4.31 Å². The maximum absolute atomic E-state index is 13.3. The van der Waals surface area contributed by atoms with Crippen molar-refractivity contribution >= 4 is 33.2 Å². The summed E-state index contributed by atoms with van der Waals surface area (Å²) in [6, 6.07) is 17.8. The molecule has 1 amide bonds. The number of nitrogens with one attached hydrogen (secondary N) is 1. The fourth-order valence-electron chi connectivity index (χ4n) is 3.86. The Hall–Kier alpha value is -2.67. The van der Waals surface area contributed by atoms with Crippen LogP contribution in [-0.2, 0) is 23.0 Å². The Labute approximate surface area is 187 Å². The van der Waals surface area contributed by atoms with Crippen molar-refractivity contribution in [3.8, 4) is 0 Å². The van der Waals surface area contributed by atoms with Crippen LogP contribution in [-0.4, -0.2) is 25.2 Å². The predicted molar refractivity (Wildman–Crippen MR) is 123 cm³/mol. The van der Waals surface area contributed by atoms with E-state index < -0.39 is 15.9 Å². The molecule has 0 bridgehead atoms. The van der Waals surface area contributed by atoms with Gasteiger partial charge in [0.1, 0.15) is 0 Å². The largest absolute Gasteiger partial charge is 0.321 e. The summed E-state index contributed by atoms with van der Waals surface area (Å²) in [5, 5.41) is 3.08. The van der Waals surface area contributed by atoms with Gasteiger partial charge in [-0.05, 0) is 60.7 Å². The first-order chi connectivity index (χ1) is 14.8. The molecule has 3 aromatic carbocycles. The molecular formula is C24H23ClN2O3S. The molecule has 7 heteroatoms. The number of hydrogen-bond donors (Lipinski definition) is 1. The summed E-state index contributed by atoms with van der Waals surface area (Å²) < 4.78 is 28.1. The normalized spacial score (nSPS) is 14.2. The summed E-state index contributed by atoms with van der Waals surface area (Å²) in [6.07, 6.45) is 0.656. The molecule has 3 aromatic rings. The molecule has 160 valence electrons. The average Bonchev–Trinajstić information content (AvgIpc) is 2.76. The van der Waals surface area contributed by atoms with Gasteiger partial charge in [-0.3, -0.25) is 4.79 Å². The maximum atomic E-state index is 13.3. The summed E-state index contributed by atoms with van der Waals surface area (Å²) >= 11 is 6.27. The lowest BCUT2D eigenvalue weighted by atomic mass is 10.0. The standard InChI is InChI=1S/C24H23ClN2O3S/c1-16-6-5-7-17(2)23(16)26-24(28)21-14-20(10-11-22(21)25)31(29,30)27-13-12-18-8-3-4-9-19(18)15-27/h3-11,14H,12-13,15H2,1-2H3,(H,26,28). The zero-order valence-corrected chi connectivity index (χ0v) is 18.9. The molecule has 1 heterocycles. The first-order valence-corrected chi connectivity index (χ1v) is 11.8. The molecule has 0 spiro atoms. The fraction of sp³-hybridized carbons (Fsp3) is 0.208. The highest BCUT2D eigenvalue weighted by Gasteiger charge is 2.29. The van der Waals surface area contributed by atoms with Crippen LogP contribution in [0.15, 0.2) is 65.6 Å². The number of benzene rings is 3. The van der Waals surface area contributed by atoms with Crippen molar-refractivity contribution in [2.75, 3.05) is 11.9 Å². The topological polar surface area (TPSA) is 66.5 Å². The molecule has 0 unspecified atom stereocenters. The number of rotatable bonds is 4. The third kappa shape index (κ3) is 4.24. The van der Waals surface area contributed by atoms with Crippen LogP contribution in [0.5, 0.6) is 0 Å². The van der Waals surface area contributed by atoms with Gasteiger partial charge in [-0.15, -0.1) is 0 Å². The third-order valence-electron chi connectivity index (χ3n) is 5.64. The number of fused-ring (bicyclic) bond motifs is 1. The molecule has 4 rings (SSSR count). The molecule has 1 aliphatic heterocycles. The molecular weight excluding hydrogens is 432 g/mol. The van der Waals surface area contributed by atoms with Crippen LogP contribution in [0.25, 0.3) is 0 Å². The molecule has 1 N–H and O–H groups in total. The average molecular weight is 455 g/mol. The van der Waals surface area contributed by atoms with Crippen molar-refractivity contribution in [1.29, 1.82) is 0 Å². The summed E-state index contributed by atoms with van der Waals surface area (Å²) in [5.74, 6) is -0.441. The van der Waals surface area contributed by atoms with Crippen LogP contribution in [0.3, 0.4) is 0 Å². The number of sulfonamides is 1. The number of carbonyl (C=O) groups excluding carboxylic acids is 1. The number of amides is 1. The minimum Gasteiger partial charge on any atom is -0.321 e. The van der Waals surface area contributed by atoms with Crippen molar-refractivity contribution in [2.24, 2.45) is 0 Å². The lowest BCUT2D eigenvalue weighted by Crippen LogP contribution is -2.36. The van der Waals surface area contributed by atoms with E-state index >= 15 is 0 Å². The molecule has 0 atom stereocenters. The van der Waals surface area contributed by atoms with Gasteiger partial charge in [0, 0.05) is 18.8 Å². The first-order valence-electron chi connectivity index (χ1n) is 10.0. The van der Waals surface area contributed by atoms with E-state index in [1.165, 1.54) is 28.1 Å². The molecule has 0 fully saturated rings. The number of carbonyl (C=O) groups is 1. The predicted octanol–water partition coefficient (Wildman–Crippen LogP) is 4.96. The van der Waals surface area contributed by atoms with E-state index in [9.17, 15) is 13.2 Å². The van der Waals surface area contributed by atoms with Crippen LogP contribution < -0.4 is 5.32 Å². The molecule has 5 nitrogen and oxygen atoms in total. The van der Waals surface area contributed by atoms with Crippen LogP contribution in [0.4, 0.5) is 5.69 Å².